The first-order chi connectivity index (χ1) is 12.4. The van der Waals surface area contributed by atoms with Crippen molar-refractivity contribution in [3.63, 3.8) is 0 Å². The molecule has 1 atom stereocenters. The topological polar surface area (TPSA) is 47.6 Å². The molecule has 1 amide bonds. The summed E-state index contributed by atoms with van der Waals surface area (Å²) in [6, 6.07) is 11.0. The summed E-state index contributed by atoms with van der Waals surface area (Å²) < 4.78 is 10.5. The summed E-state index contributed by atoms with van der Waals surface area (Å²) >= 11 is 12.4. The summed E-state index contributed by atoms with van der Waals surface area (Å²) in [4.78, 5) is 12.2. The van der Waals surface area contributed by atoms with Crippen LogP contribution in [0.1, 0.15) is 30.4 Å². The third-order valence-electron chi connectivity index (χ3n) is 4.15. The molecule has 0 saturated carbocycles. The van der Waals surface area contributed by atoms with Gasteiger partial charge in [0.1, 0.15) is 11.5 Å². The summed E-state index contributed by atoms with van der Waals surface area (Å²) in [5.74, 6) is 1.42. The molecule has 6 heteroatoms. The van der Waals surface area contributed by atoms with Crippen molar-refractivity contribution >= 4 is 29.1 Å². The molecule has 0 fully saturated rings. The molecule has 26 heavy (non-hydrogen) atoms. The van der Waals surface area contributed by atoms with Gasteiger partial charge < -0.3 is 14.8 Å². The molecule has 0 bridgehead atoms. The van der Waals surface area contributed by atoms with Crippen molar-refractivity contribution in [2.75, 3.05) is 20.8 Å². The maximum Gasteiger partial charge on any atom is 0.220 e. The summed E-state index contributed by atoms with van der Waals surface area (Å²) in [6.45, 7) is 2.46. The van der Waals surface area contributed by atoms with Crippen molar-refractivity contribution in [2.45, 2.75) is 25.7 Å². The van der Waals surface area contributed by atoms with Gasteiger partial charge >= 0.3 is 0 Å². The third-order valence-corrected chi connectivity index (χ3v) is 4.81. The fourth-order valence-corrected chi connectivity index (χ4v) is 3.48. The smallest absolute Gasteiger partial charge is 0.220 e. The molecule has 0 saturated heterocycles. The highest BCUT2D eigenvalue weighted by molar-refractivity contribution is 6.36. The van der Waals surface area contributed by atoms with Crippen LogP contribution in [0.3, 0.4) is 0 Å². The average molecular weight is 396 g/mol. The number of methoxy groups -OCH3 is 2. The van der Waals surface area contributed by atoms with Crippen molar-refractivity contribution in [2.24, 2.45) is 0 Å². The second-order valence-electron chi connectivity index (χ2n) is 6.06. The van der Waals surface area contributed by atoms with E-state index in [1.807, 2.05) is 25.1 Å². The molecule has 0 aliphatic carbocycles. The Morgan fingerprint density at radius 2 is 1.65 bits per heavy atom. The average Bonchev–Trinajstić information content (AvgIpc) is 2.64. The zero-order chi connectivity index (χ0) is 19.1. The highest BCUT2D eigenvalue weighted by atomic mass is 35.5. The number of nitrogens with one attached hydrogen (secondary N) is 1. The molecule has 0 aliphatic rings. The second-order valence-corrected chi connectivity index (χ2v) is 6.88. The Morgan fingerprint density at radius 1 is 1.08 bits per heavy atom. The van der Waals surface area contributed by atoms with Crippen LogP contribution < -0.4 is 14.8 Å². The van der Waals surface area contributed by atoms with Gasteiger partial charge in [0, 0.05) is 35.0 Å². The molecule has 0 aliphatic heterocycles. The summed E-state index contributed by atoms with van der Waals surface area (Å²) in [6.07, 6.45) is 0.972. The van der Waals surface area contributed by atoms with Gasteiger partial charge in [-0.05, 0) is 41.8 Å². The molecule has 0 radical (unpaired) electrons. The molecule has 0 aromatic heterocycles. The van der Waals surface area contributed by atoms with Crippen molar-refractivity contribution in [1.29, 1.82) is 0 Å². The summed E-state index contributed by atoms with van der Waals surface area (Å²) in [5, 5.41) is 4.17. The third kappa shape index (κ3) is 5.55. The Kier molecular flexibility index (Phi) is 7.61. The number of aryl methyl sites for hydroxylation is 1. The van der Waals surface area contributed by atoms with E-state index >= 15 is 0 Å². The van der Waals surface area contributed by atoms with Crippen molar-refractivity contribution < 1.29 is 14.3 Å². The number of hydrogen-bond donors (Lipinski definition) is 1. The lowest BCUT2D eigenvalue weighted by Gasteiger charge is -2.16. The molecule has 4 nitrogen and oxygen atoms in total. The molecule has 2 rings (SSSR count). The Labute approximate surface area is 164 Å². The van der Waals surface area contributed by atoms with Crippen LogP contribution in [0.25, 0.3) is 0 Å². The number of hydrogen-bond acceptors (Lipinski definition) is 3. The van der Waals surface area contributed by atoms with Crippen molar-refractivity contribution in [3.05, 3.63) is 57.6 Å². The van der Waals surface area contributed by atoms with E-state index in [1.165, 1.54) is 0 Å². The quantitative estimate of drug-likeness (QED) is 0.693. The molecular formula is C20H23Cl2NO3. The summed E-state index contributed by atoms with van der Waals surface area (Å²) in [7, 11) is 3.21. The minimum absolute atomic E-state index is 0.0251. The van der Waals surface area contributed by atoms with E-state index in [9.17, 15) is 4.79 Å². The monoisotopic (exact) mass is 395 g/mol. The van der Waals surface area contributed by atoms with Crippen LogP contribution >= 0.6 is 23.2 Å². The van der Waals surface area contributed by atoms with Gasteiger partial charge in [0.15, 0.2) is 0 Å². The second kappa shape index (κ2) is 9.70. The van der Waals surface area contributed by atoms with Crippen LogP contribution in [0.2, 0.25) is 10.0 Å². The molecule has 2 aromatic carbocycles. The first-order valence-electron chi connectivity index (χ1n) is 8.37. The number of amides is 1. The van der Waals surface area contributed by atoms with Crippen molar-refractivity contribution in [1.82, 2.24) is 5.32 Å². The fraction of sp³-hybridized carbons (Fsp3) is 0.350. The molecule has 1 N–H and O–H groups in total. The van der Waals surface area contributed by atoms with Crippen LogP contribution in [0.4, 0.5) is 0 Å². The van der Waals surface area contributed by atoms with E-state index in [1.54, 1.807) is 32.4 Å². The fourth-order valence-electron chi connectivity index (χ4n) is 2.71. The molecule has 0 heterocycles. The number of halogens is 2. The normalized spacial score (nSPS) is 11.7. The maximum atomic E-state index is 12.2. The largest absolute Gasteiger partial charge is 0.497 e. The van der Waals surface area contributed by atoms with Gasteiger partial charge in [0.05, 0.1) is 14.2 Å². The van der Waals surface area contributed by atoms with E-state index in [0.717, 1.165) is 11.1 Å². The van der Waals surface area contributed by atoms with Gasteiger partial charge in [0.2, 0.25) is 5.91 Å². The van der Waals surface area contributed by atoms with E-state index < -0.39 is 0 Å². The molecule has 1 unspecified atom stereocenters. The van der Waals surface area contributed by atoms with Crippen LogP contribution in [0.5, 0.6) is 11.5 Å². The van der Waals surface area contributed by atoms with Crippen LogP contribution in [0, 0.1) is 0 Å². The standard InChI is InChI=1S/C20H23Cl2NO3/c1-13(20-17(21)5-4-6-18(20)22)12-23-19(24)8-7-14-9-15(25-2)11-16(10-14)26-3/h4-6,9-11,13H,7-8,12H2,1-3H3,(H,23,24). The predicted octanol–water partition coefficient (Wildman–Crippen LogP) is 4.86. The Morgan fingerprint density at radius 3 is 2.19 bits per heavy atom. The van der Waals surface area contributed by atoms with Crippen LogP contribution in [-0.4, -0.2) is 26.7 Å². The van der Waals surface area contributed by atoms with Gasteiger partial charge in [-0.2, -0.15) is 0 Å². The van der Waals surface area contributed by atoms with E-state index in [-0.39, 0.29) is 11.8 Å². The molecule has 0 spiro atoms. The molecule has 140 valence electrons. The predicted molar refractivity (Wildman–Crippen MR) is 106 cm³/mol. The van der Waals surface area contributed by atoms with Crippen LogP contribution in [0.15, 0.2) is 36.4 Å². The van der Waals surface area contributed by atoms with Crippen molar-refractivity contribution in [3.8, 4) is 11.5 Å². The molecular weight excluding hydrogens is 373 g/mol. The van der Waals surface area contributed by atoms with Gasteiger partial charge in [-0.3, -0.25) is 4.79 Å². The number of benzene rings is 2. The lowest BCUT2D eigenvalue weighted by molar-refractivity contribution is -0.121. The Bertz CT molecular complexity index is 722. The number of carbonyl (C=O) groups excluding carboxylic acids is 1. The first-order valence-corrected chi connectivity index (χ1v) is 9.12. The van der Waals surface area contributed by atoms with E-state index in [4.69, 9.17) is 32.7 Å². The zero-order valence-corrected chi connectivity index (χ0v) is 16.7. The van der Waals surface area contributed by atoms with Gasteiger partial charge in [0.25, 0.3) is 0 Å². The van der Waals surface area contributed by atoms with E-state index in [2.05, 4.69) is 5.32 Å². The van der Waals surface area contributed by atoms with Gasteiger partial charge in [-0.15, -0.1) is 0 Å². The Hall–Kier alpha value is -1.91. The van der Waals surface area contributed by atoms with Gasteiger partial charge in [-0.25, -0.2) is 0 Å². The Balaban J connectivity index is 1.89. The lowest BCUT2D eigenvalue weighted by Crippen LogP contribution is -2.27. The maximum absolute atomic E-state index is 12.2. The highest BCUT2D eigenvalue weighted by Crippen LogP contribution is 2.31. The SMILES string of the molecule is COc1cc(CCC(=O)NCC(C)c2c(Cl)cccc2Cl)cc(OC)c1. The summed E-state index contributed by atoms with van der Waals surface area (Å²) in [5.41, 5.74) is 1.84. The minimum atomic E-state index is -0.0261. The highest BCUT2D eigenvalue weighted by Gasteiger charge is 2.14. The lowest BCUT2D eigenvalue weighted by atomic mass is 10.0. The number of rotatable bonds is 8. The first kappa shape index (κ1) is 20.4. The number of carbonyl (C=O) groups is 1. The molecule has 2 aromatic rings. The van der Waals surface area contributed by atoms with Crippen LogP contribution in [-0.2, 0) is 11.2 Å². The number of ether oxygens (including phenoxy) is 2. The van der Waals surface area contributed by atoms with Gasteiger partial charge in [-0.1, -0.05) is 36.2 Å². The zero-order valence-electron chi connectivity index (χ0n) is 15.1. The minimum Gasteiger partial charge on any atom is -0.497 e. The van der Waals surface area contributed by atoms with E-state index in [0.29, 0.717) is 40.9 Å².